The molecule has 1 aliphatic heterocycles. The number of nitrogens with two attached hydrogens (primary N) is 1. The van der Waals surface area contributed by atoms with Crippen LogP contribution >= 0.6 is 0 Å². The fourth-order valence-electron chi connectivity index (χ4n) is 1.79. The van der Waals surface area contributed by atoms with E-state index in [-0.39, 0.29) is 11.4 Å². The Morgan fingerprint density at radius 2 is 2.00 bits per heavy atom. The van der Waals surface area contributed by atoms with Gasteiger partial charge in [-0.25, -0.2) is 0 Å². The number of amides is 1. The van der Waals surface area contributed by atoms with Crippen molar-refractivity contribution in [2.45, 2.75) is 37.6 Å². The normalized spacial score (nSPS) is 25.9. The van der Waals surface area contributed by atoms with Gasteiger partial charge in [0.15, 0.2) is 0 Å². The number of rotatable bonds is 2. The van der Waals surface area contributed by atoms with E-state index in [0.29, 0.717) is 6.42 Å². The molecule has 1 saturated carbocycles. The fourth-order valence-corrected chi connectivity index (χ4v) is 1.79. The molecule has 3 heteroatoms. The summed E-state index contributed by atoms with van der Waals surface area (Å²) in [6.07, 6.45) is 5.01. The second-order valence-electron chi connectivity index (χ2n) is 4.13. The summed E-state index contributed by atoms with van der Waals surface area (Å²) in [7, 11) is 0. The van der Waals surface area contributed by atoms with Gasteiger partial charge in [0.25, 0.3) is 0 Å². The predicted octanol–water partition coefficient (Wildman–Crippen LogP) is 0.490. The molecule has 0 spiro atoms. The highest BCUT2D eigenvalue weighted by Gasteiger charge is 2.36. The van der Waals surface area contributed by atoms with Crippen LogP contribution in [-0.4, -0.2) is 29.4 Å². The van der Waals surface area contributed by atoms with Gasteiger partial charge in [-0.05, 0) is 25.7 Å². The summed E-state index contributed by atoms with van der Waals surface area (Å²) in [6.45, 7) is 1.91. The van der Waals surface area contributed by atoms with E-state index in [4.69, 9.17) is 5.73 Å². The van der Waals surface area contributed by atoms with E-state index in [0.717, 1.165) is 25.9 Å². The lowest BCUT2D eigenvalue weighted by Gasteiger charge is -2.40. The van der Waals surface area contributed by atoms with E-state index in [1.165, 1.54) is 12.8 Å². The Kier molecular flexibility index (Phi) is 1.83. The predicted molar refractivity (Wildman–Crippen MR) is 46.6 cm³/mol. The first kappa shape index (κ1) is 8.05. The van der Waals surface area contributed by atoms with Crippen LogP contribution < -0.4 is 5.73 Å². The van der Waals surface area contributed by atoms with Crippen LogP contribution in [0.25, 0.3) is 0 Å². The van der Waals surface area contributed by atoms with Gasteiger partial charge >= 0.3 is 0 Å². The molecule has 0 bridgehead atoms. The first-order valence-electron chi connectivity index (χ1n) is 4.76. The second kappa shape index (κ2) is 2.73. The molecule has 0 radical (unpaired) electrons. The molecule has 2 N–H and O–H groups in total. The second-order valence-corrected chi connectivity index (χ2v) is 4.13. The van der Waals surface area contributed by atoms with Gasteiger partial charge in [0.05, 0.1) is 0 Å². The molecule has 2 aliphatic rings. The van der Waals surface area contributed by atoms with E-state index < -0.39 is 0 Å². The van der Waals surface area contributed by atoms with Gasteiger partial charge in [-0.3, -0.25) is 4.79 Å². The van der Waals surface area contributed by atoms with E-state index in [2.05, 4.69) is 0 Å². The number of likely N-dealkylation sites (tertiary alicyclic amines) is 1. The third kappa shape index (κ3) is 1.33. The quantitative estimate of drug-likeness (QED) is 0.652. The number of carbonyl (C=O) groups is 1. The topological polar surface area (TPSA) is 46.3 Å². The summed E-state index contributed by atoms with van der Waals surface area (Å²) in [4.78, 5) is 13.4. The zero-order valence-electron chi connectivity index (χ0n) is 7.38. The number of carbonyl (C=O) groups excluding carboxylic acids is 1. The van der Waals surface area contributed by atoms with Crippen LogP contribution in [0, 0.1) is 0 Å². The largest absolute Gasteiger partial charge is 0.343 e. The Morgan fingerprint density at radius 1 is 1.33 bits per heavy atom. The molecule has 1 heterocycles. The van der Waals surface area contributed by atoms with Crippen molar-refractivity contribution in [3.05, 3.63) is 0 Å². The Balaban J connectivity index is 1.81. The van der Waals surface area contributed by atoms with Crippen LogP contribution in [0.5, 0.6) is 0 Å². The van der Waals surface area contributed by atoms with Crippen LogP contribution in [-0.2, 0) is 4.79 Å². The first-order valence-corrected chi connectivity index (χ1v) is 4.76. The average Bonchev–Trinajstić information content (AvgIpc) is 1.79. The van der Waals surface area contributed by atoms with Crippen molar-refractivity contribution in [2.24, 2.45) is 5.73 Å². The van der Waals surface area contributed by atoms with Crippen molar-refractivity contribution in [1.82, 2.24) is 4.90 Å². The Morgan fingerprint density at radius 3 is 2.33 bits per heavy atom. The van der Waals surface area contributed by atoms with Crippen molar-refractivity contribution < 1.29 is 4.79 Å². The Bertz CT molecular complexity index is 195. The van der Waals surface area contributed by atoms with Crippen LogP contribution in [0.3, 0.4) is 0 Å². The van der Waals surface area contributed by atoms with Crippen molar-refractivity contribution in [2.75, 3.05) is 13.1 Å². The minimum atomic E-state index is -0.132. The minimum Gasteiger partial charge on any atom is -0.343 e. The maximum atomic E-state index is 11.5. The summed E-state index contributed by atoms with van der Waals surface area (Å²) in [5.74, 6) is 0.267. The van der Waals surface area contributed by atoms with Crippen molar-refractivity contribution >= 4 is 5.91 Å². The summed E-state index contributed by atoms with van der Waals surface area (Å²) < 4.78 is 0. The standard InChI is InChI=1S/C9H16N2O/c10-9(3-1-4-9)7-8(12)11-5-2-6-11/h1-7,10H2. The monoisotopic (exact) mass is 168 g/mol. The van der Waals surface area contributed by atoms with Gasteiger partial charge < -0.3 is 10.6 Å². The van der Waals surface area contributed by atoms with Crippen LogP contribution in [0.1, 0.15) is 32.1 Å². The highest BCUT2D eigenvalue weighted by Crippen LogP contribution is 2.32. The van der Waals surface area contributed by atoms with Crippen LogP contribution in [0.4, 0.5) is 0 Å². The van der Waals surface area contributed by atoms with Gasteiger partial charge in [-0.1, -0.05) is 0 Å². The maximum absolute atomic E-state index is 11.5. The zero-order chi connectivity index (χ0) is 8.60. The third-order valence-corrected chi connectivity index (χ3v) is 3.06. The molecule has 0 atom stereocenters. The molecule has 0 unspecified atom stereocenters. The first-order chi connectivity index (χ1) is 5.70. The maximum Gasteiger partial charge on any atom is 0.224 e. The Hall–Kier alpha value is -0.570. The fraction of sp³-hybridized carbons (Fsp3) is 0.889. The number of hydrogen-bond donors (Lipinski definition) is 1. The van der Waals surface area contributed by atoms with Crippen LogP contribution in [0.2, 0.25) is 0 Å². The SMILES string of the molecule is NC1(CC(=O)N2CCC2)CCC1. The molecule has 0 aromatic heterocycles. The third-order valence-electron chi connectivity index (χ3n) is 3.06. The molecule has 1 saturated heterocycles. The van der Waals surface area contributed by atoms with Gasteiger partial charge in [0.2, 0.25) is 5.91 Å². The molecule has 1 amide bonds. The molecule has 0 aromatic rings. The van der Waals surface area contributed by atoms with Gasteiger partial charge in [0, 0.05) is 25.0 Å². The number of nitrogens with zero attached hydrogens (tertiary/aromatic N) is 1. The molecule has 1 aliphatic carbocycles. The summed E-state index contributed by atoms with van der Waals surface area (Å²) in [5.41, 5.74) is 5.84. The van der Waals surface area contributed by atoms with Gasteiger partial charge in [-0.2, -0.15) is 0 Å². The lowest BCUT2D eigenvalue weighted by atomic mass is 9.75. The highest BCUT2D eigenvalue weighted by atomic mass is 16.2. The molecular formula is C9H16N2O. The smallest absolute Gasteiger partial charge is 0.224 e. The van der Waals surface area contributed by atoms with E-state index in [1.807, 2.05) is 4.90 Å². The van der Waals surface area contributed by atoms with E-state index >= 15 is 0 Å². The summed E-state index contributed by atoms with van der Waals surface area (Å²) in [5, 5.41) is 0. The van der Waals surface area contributed by atoms with Gasteiger partial charge in [-0.15, -0.1) is 0 Å². The van der Waals surface area contributed by atoms with E-state index in [1.54, 1.807) is 0 Å². The lowest BCUT2D eigenvalue weighted by Crippen LogP contribution is -2.52. The molecule has 2 rings (SSSR count). The Labute approximate surface area is 72.9 Å². The van der Waals surface area contributed by atoms with Crippen LogP contribution in [0.15, 0.2) is 0 Å². The summed E-state index contributed by atoms with van der Waals surface area (Å²) in [6, 6.07) is 0. The van der Waals surface area contributed by atoms with Crippen molar-refractivity contribution in [3.8, 4) is 0 Å². The molecule has 3 nitrogen and oxygen atoms in total. The lowest BCUT2D eigenvalue weighted by molar-refractivity contribution is -0.136. The van der Waals surface area contributed by atoms with E-state index in [9.17, 15) is 4.79 Å². The molecule has 68 valence electrons. The minimum absolute atomic E-state index is 0.132. The number of hydrogen-bond acceptors (Lipinski definition) is 2. The molecule has 2 fully saturated rings. The average molecular weight is 168 g/mol. The van der Waals surface area contributed by atoms with Gasteiger partial charge in [0.1, 0.15) is 0 Å². The molecular weight excluding hydrogens is 152 g/mol. The summed E-state index contributed by atoms with van der Waals surface area (Å²) >= 11 is 0. The zero-order valence-corrected chi connectivity index (χ0v) is 7.38. The highest BCUT2D eigenvalue weighted by molar-refractivity contribution is 5.78. The molecule has 0 aromatic carbocycles. The van der Waals surface area contributed by atoms with Crippen molar-refractivity contribution in [1.29, 1.82) is 0 Å². The van der Waals surface area contributed by atoms with Crippen molar-refractivity contribution in [3.63, 3.8) is 0 Å². The molecule has 12 heavy (non-hydrogen) atoms.